The smallest absolute Gasteiger partial charge is 0.255 e. The number of carbonyl (C=O) groups is 2. The van der Waals surface area contributed by atoms with Gasteiger partial charge in [0.05, 0.1) is 5.69 Å². The molecular weight excluding hydrogens is 386 g/mol. The van der Waals surface area contributed by atoms with Crippen LogP contribution in [0.2, 0.25) is 0 Å². The summed E-state index contributed by atoms with van der Waals surface area (Å²) in [5.74, 6) is -0.248. The third-order valence-corrected chi connectivity index (χ3v) is 4.04. The molecule has 0 heterocycles. The number of rotatable bonds is 7. The van der Waals surface area contributed by atoms with Crippen molar-refractivity contribution < 1.29 is 9.59 Å². The molecule has 0 spiro atoms. The van der Waals surface area contributed by atoms with Crippen LogP contribution in [-0.4, -0.2) is 17.4 Å². The van der Waals surface area contributed by atoms with E-state index in [-0.39, 0.29) is 5.91 Å². The molecular formula is C21H19N5O2S. The molecule has 3 rings (SSSR count). The average molecular weight is 405 g/mol. The van der Waals surface area contributed by atoms with E-state index in [4.69, 9.17) is 12.2 Å². The molecule has 3 aromatic carbocycles. The minimum Gasteiger partial charge on any atom is -0.332 e. The van der Waals surface area contributed by atoms with Crippen LogP contribution in [0.15, 0.2) is 78.9 Å². The van der Waals surface area contributed by atoms with Crippen LogP contribution in [0.3, 0.4) is 0 Å². The molecule has 0 aliphatic rings. The molecule has 8 heteroatoms. The fraction of sp³-hybridized carbons (Fsp3) is 0. The van der Waals surface area contributed by atoms with Crippen LogP contribution in [0.25, 0.3) is 0 Å². The fourth-order valence-electron chi connectivity index (χ4n) is 2.51. The van der Waals surface area contributed by atoms with Crippen molar-refractivity contribution in [3.8, 4) is 0 Å². The number of anilines is 4. The van der Waals surface area contributed by atoms with Crippen LogP contribution in [0.5, 0.6) is 0 Å². The van der Waals surface area contributed by atoms with Gasteiger partial charge in [-0.3, -0.25) is 20.4 Å². The summed E-state index contributed by atoms with van der Waals surface area (Å²) in [5.41, 5.74) is 8.43. The van der Waals surface area contributed by atoms with Gasteiger partial charge in [0.15, 0.2) is 5.11 Å². The van der Waals surface area contributed by atoms with Gasteiger partial charge in [-0.25, -0.2) is 0 Å². The van der Waals surface area contributed by atoms with Crippen molar-refractivity contribution in [2.24, 2.45) is 0 Å². The summed E-state index contributed by atoms with van der Waals surface area (Å²) in [5, 5.41) is 9.42. The van der Waals surface area contributed by atoms with E-state index in [1.54, 1.807) is 42.5 Å². The Balaban J connectivity index is 1.60. The predicted molar refractivity (Wildman–Crippen MR) is 120 cm³/mol. The molecule has 0 aliphatic carbocycles. The molecule has 0 saturated heterocycles. The Labute approximate surface area is 173 Å². The summed E-state index contributed by atoms with van der Waals surface area (Å²) in [6.45, 7) is 0. The number of para-hydroxylation sites is 1. The molecule has 0 radical (unpaired) electrons. The van der Waals surface area contributed by atoms with Gasteiger partial charge in [0, 0.05) is 22.6 Å². The zero-order valence-corrected chi connectivity index (χ0v) is 16.1. The zero-order chi connectivity index (χ0) is 20.5. The summed E-state index contributed by atoms with van der Waals surface area (Å²) in [6, 6.07) is 23.6. The quantitative estimate of drug-likeness (QED) is 0.233. The van der Waals surface area contributed by atoms with Crippen LogP contribution in [0, 0.1) is 0 Å². The molecule has 0 bridgehead atoms. The average Bonchev–Trinajstić information content (AvgIpc) is 2.74. The largest absolute Gasteiger partial charge is 0.332 e. The van der Waals surface area contributed by atoms with Gasteiger partial charge in [0.25, 0.3) is 5.91 Å². The van der Waals surface area contributed by atoms with Gasteiger partial charge in [0.2, 0.25) is 6.41 Å². The second-order valence-corrected chi connectivity index (χ2v) is 6.35. The Kier molecular flexibility index (Phi) is 6.75. The standard InChI is InChI=1S/C21H19N5O2S/c27-14-22-26-18-11-9-17(10-12-18)23-20(28)15-5-4-8-19(13-15)25-21(29)24-16-6-2-1-3-7-16/h1-14,26H,(H,22,27)(H,23,28)(H2,24,25,29). The Morgan fingerprint density at radius 2 is 1.34 bits per heavy atom. The molecule has 146 valence electrons. The van der Waals surface area contributed by atoms with Crippen molar-refractivity contribution in [1.29, 1.82) is 0 Å². The number of hydrogen-bond acceptors (Lipinski definition) is 4. The fourth-order valence-corrected chi connectivity index (χ4v) is 2.74. The van der Waals surface area contributed by atoms with E-state index in [2.05, 4.69) is 26.8 Å². The molecule has 0 unspecified atom stereocenters. The van der Waals surface area contributed by atoms with E-state index in [0.29, 0.717) is 34.1 Å². The summed E-state index contributed by atoms with van der Waals surface area (Å²) >= 11 is 5.32. The van der Waals surface area contributed by atoms with Crippen molar-refractivity contribution in [2.75, 3.05) is 21.4 Å². The second-order valence-electron chi connectivity index (χ2n) is 5.94. The number of carbonyl (C=O) groups excluding carboxylic acids is 2. The lowest BCUT2D eigenvalue weighted by Gasteiger charge is -2.12. The Bertz CT molecular complexity index is 993. The number of amides is 2. The van der Waals surface area contributed by atoms with E-state index >= 15 is 0 Å². The van der Waals surface area contributed by atoms with Gasteiger partial charge < -0.3 is 16.0 Å². The predicted octanol–water partition coefficient (Wildman–Crippen LogP) is 3.82. The lowest BCUT2D eigenvalue weighted by molar-refractivity contribution is -0.109. The number of nitrogens with one attached hydrogen (secondary N) is 5. The minimum atomic E-state index is -0.248. The maximum atomic E-state index is 12.5. The Morgan fingerprint density at radius 1 is 0.724 bits per heavy atom. The van der Waals surface area contributed by atoms with Crippen molar-refractivity contribution in [3.05, 3.63) is 84.4 Å². The topological polar surface area (TPSA) is 94.3 Å². The number of benzene rings is 3. The highest BCUT2D eigenvalue weighted by Gasteiger charge is 2.08. The monoisotopic (exact) mass is 405 g/mol. The summed E-state index contributed by atoms with van der Waals surface area (Å²) in [4.78, 5) is 22.8. The van der Waals surface area contributed by atoms with E-state index < -0.39 is 0 Å². The molecule has 5 N–H and O–H groups in total. The van der Waals surface area contributed by atoms with Gasteiger partial charge in [-0.1, -0.05) is 24.3 Å². The van der Waals surface area contributed by atoms with Gasteiger partial charge in [-0.15, -0.1) is 0 Å². The second kappa shape index (κ2) is 9.86. The SMILES string of the molecule is O=CNNc1ccc(NC(=O)c2cccc(NC(=S)Nc3ccccc3)c2)cc1. The van der Waals surface area contributed by atoms with Gasteiger partial charge in [0.1, 0.15) is 0 Å². The number of thiocarbonyl (C=S) groups is 1. The van der Waals surface area contributed by atoms with Crippen molar-refractivity contribution in [3.63, 3.8) is 0 Å². The molecule has 7 nitrogen and oxygen atoms in total. The maximum Gasteiger partial charge on any atom is 0.255 e. The maximum absolute atomic E-state index is 12.5. The molecule has 29 heavy (non-hydrogen) atoms. The first kappa shape index (κ1) is 19.8. The Morgan fingerprint density at radius 3 is 2.07 bits per heavy atom. The number of hydrogen-bond donors (Lipinski definition) is 5. The molecule has 0 aromatic heterocycles. The highest BCUT2D eigenvalue weighted by molar-refractivity contribution is 7.80. The number of hydrazine groups is 1. The first-order valence-corrected chi connectivity index (χ1v) is 9.14. The lowest BCUT2D eigenvalue weighted by Crippen LogP contribution is -2.19. The van der Waals surface area contributed by atoms with E-state index in [9.17, 15) is 9.59 Å². The van der Waals surface area contributed by atoms with Gasteiger partial charge in [-0.2, -0.15) is 0 Å². The van der Waals surface area contributed by atoms with E-state index in [1.165, 1.54) is 0 Å². The first-order valence-electron chi connectivity index (χ1n) is 8.74. The van der Waals surface area contributed by atoms with E-state index in [0.717, 1.165) is 5.69 Å². The third-order valence-electron chi connectivity index (χ3n) is 3.83. The van der Waals surface area contributed by atoms with Crippen molar-refractivity contribution in [1.82, 2.24) is 5.43 Å². The van der Waals surface area contributed by atoms with Crippen LogP contribution in [0.4, 0.5) is 22.7 Å². The molecule has 0 atom stereocenters. The summed E-state index contributed by atoms with van der Waals surface area (Å²) in [7, 11) is 0. The van der Waals surface area contributed by atoms with E-state index in [1.807, 2.05) is 36.4 Å². The van der Waals surface area contributed by atoms with Crippen molar-refractivity contribution in [2.45, 2.75) is 0 Å². The molecule has 0 aliphatic heterocycles. The molecule has 0 saturated carbocycles. The zero-order valence-electron chi connectivity index (χ0n) is 15.3. The van der Waals surface area contributed by atoms with Gasteiger partial charge >= 0.3 is 0 Å². The lowest BCUT2D eigenvalue weighted by atomic mass is 10.2. The summed E-state index contributed by atoms with van der Waals surface area (Å²) in [6.07, 6.45) is 0.539. The molecule has 2 amide bonds. The normalized spacial score (nSPS) is 9.79. The van der Waals surface area contributed by atoms with Crippen LogP contribution < -0.4 is 26.8 Å². The van der Waals surface area contributed by atoms with Crippen LogP contribution in [-0.2, 0) is 4.79 Å². The van der Waals surface area contributed by atoms with Gasteiger partial charge in [-0.05, 0) is 66.8 Å². The third kappa shape index (κ3) is 6.05. The minimum absolute atomic E-state index is 0.248. The van der Waals surface area contributed by atoms with Crippen molar-refractivity contribution >= 4 is 52.4 Å². The highest BCUT2D eigenvalue weighted by atomic mass is 32.1. The highest BCUT2D eigenvalue weighted by Crippen LogP contribution is 2.16. The van der Waals surface area contributed by atoms with Crippen LogP contribution in [0.1, 0.15) is 10.4 Å². The summed E-state index contributed by atoms with van der Waals surface area (Å²) < 4.78 is 0. The van der Waals surface area contributed by atoms with Crippen LogP contribution >= 0.6 is 12.2 Å². The Hall–Kier alpha value is -3.91. The molecule has 0 fully saturated rings. The first-order chi connectivity index (χ1) is 14.1. The molecule has 3 aromatic rings.